The number of ether oxygens (including phenoxy) is 6. The number of rotatable bonds is 14. The first-order valence-corrected chi connectivity index (χ1v) is 19.8. The van der Waals surface area contributed by atoms with Gasteiger partial charge in [0.05, 0.1) is 49.3 Å². The van der Waals surface area contributed by atoms with Crippen molar-refractivity contribution in [1.82, 2.24) is 0 Å². The van der Waals surface area contributed by atoms with Gasteiger partial charge in [-0.2, -0.15) is 5.10 Å². The van der Waals surface area contributed by atoms with Crippen molar-refractivity contribution >= 4 is 57.0 Å². The first-order chi connectivity index (χ1) is 29.4. The molecule has 10 nitrogen and oxygen atoms in total. The molecule has 60 heavy (non-hydrogen) atoms. The van der Waals surface area contributed by atoms with Crippen LogP contribution in [0.3, 0.4) is 0 Å². The summed E-state index contributed by atoms with van der Waals surface area (Å²) in [5, 5.41) is 12.5. The number of esters is 2. The van der Waals surface area contributed by atoms with Gasteiger partial charge in [-0.15, -0.1) is 5.10 Å². The molecule has 11 heteroatoms. The first-order valence-electron chi connectivity index (χ1n) is 19.4. The fourth-order valence-electron chi connectivity index (χ4n) is 7.12. The molecule has 1 aliphatic heterocycles. The second-order valence-electron chi connectivity index (χ2n) is 14.2. The van der Waals surface area contributed by atoms with Gasteiger partial charge in [0.1, 0.15) is 34.8 Å². The third-order valence-corrected chi connectivity index (χ3v) is 10.7. The zero-order chi connectivity index (χ0) is 41.0. The number of hydrogen-bond donors (Lipinski definition) is 0. The fraction of sp³-hybridized carbons (Fsp3) is 0.143. The topological polar surface area (TPSA) is 118 Å². The van der Waals surface area contributed by atoms with E-state index in [4.69, 9.17) is 45.1 Å². The molecule has 0 N–H and O–H groups in total. The van der Waals surface area contributed by atoms with Crippen molar-refractivity contribution in [2.24, 2.45) is 10.2 Å². The minimum Gasteiger partial charge on any atom is -0.497 e. The van der Waals surface area contributed by atoms with E-state index in [-0.39, 0.29) is 17.6 Å². The molecule has 0 spiro atoms. The Morgan fingerprint density at radius 1 is 0.700 bits per heavy atom. The molecule has 2 aliphatic rings. The molecule has 0 bridgehead atoms. The van der Waals surface area contributed by atoms with Crippen LogP contribution in [0.15, 0.2) is 144 Å². The van der Waals surface area contributed by atoms with Gasteiger partial charge in [0.25, 0.3) is 0 Å². The molecule has 7 aromatic carbocycles. The predicted molar refractivity (Wildman–Crippen MR) is 232 cm³/mol. The van der Waals surface area contributed by atoms with Crippen LogP contribution in [0, 0.1) is 0 Å². The summed E-state index contributed by atoms with van der Waals surface area (Å²) >= 11 is 6.69. The highest BCUT2D eigenvalue weighted by Gasteiger charge is 2.25. The number of hydrogen-bond acceptors (Lipinski definition) is 10. The largest absolute Gasteiger partial charge is 0.497 e. The molecule has 7 aromatic rings. The Labute approximate surface area is 350 Å². The molecule has 1 aliphatic carbocycles. The van der Waals surface area contributed by atoms with Crippen LogP contribution >= 0.6 is 11.6 Å². The van der Waals surface area contributed by atoms with Crippen LogP contribution in [0.4, 0.5) is 0 Å². The summed E-state index contributed by atoms with van der Waals surface area (Å²) < 4.78 is 33.7. The molecule has 1 saturated heterocycles. The van der Waals surface area contributed by atoms with Gasteiger partial charge in [-0.3, -0.25) is 0 Å². The third kappa shape index (κ3) is 8.21. The van der Waals surface area contributed by atoms with Gasteiger partial charge < -0.3 is 28.4 Å². The summed E-state index contributed by atoms with van der Waals surface area (Å²) in [6.45, 7) is 2.43. The maximum Gasteiger partial charge on any atom is 0.343 e. The second-order valence-corrected chi connectivity index (χ2v) is 14.6. The Bertz CT molecular complexity index is 2790. The van der Waals surface area contributed by atoms with Gasteiger partial charge in [-0.1, -0.05) is 78.3 Å². The van der Waals surface area contributed by atoms with E-state index in [2.05, 4.69) is 17.2 Å². The smallest absolute Gasteiger partial charge is 0.343 e. The maximum absolute atomic E-state index is 13.6. The molecule has 298 valence electrons. The van der Waals surface area contributed by atoms with E-state index >= 15 is 0 Å². The Morgan fingerprint density at radius 3 is 2.03 bits per heavy atom. The van der Waals surface area contributed by atoms with Crippen molar-refractivity contribution in [2.45, 2.75) is 12.5 Å². The Hall–Kier alpha value is -6.85. The maximum atomic E-state index is 13.6. The number of nitrogens with zero attached hydrogens (tertiary/aromatic N) is 2. The average molecular weight is 817 g/mol. The van der Waals surface area contributed by atoms with Gasteiger partial charge in [-0.25, -0.2) is 9.59 Å². The van der Waals surface area contributed by atoms with Crippen LogP contribution in [-0.4, -0.2) is 63.5 Å². The van der Waals surface area contributed by atoms with Gasteiger partial charge in [0.2, 0.25) is 0 Å². The Morgan fingerprint density at radius 2 is 1.32 bits per heavy atom. The van der Waals surface area contributed by atoms with Gasteiger partial charge in [0, 0.05) is 35.1 Å². The van der Waals surface area contributed by atoms with E-state index in [1.165, 1.54) is 0 Å². The SMILES string of the molecule is COc1ccc2c(Cl)c(OC(=O)c3ccc4c(/C=N/N=C5c6ccccc6-c6ccccc65)c(OC(=O)c5ccc(OCCCOCC6CO6)cc5)ccc4c3)ccc2c1. The van der Waals surface area contributed by atoms with Crippen LogP contribution in [0.5, 0.6) is 23.0 Å². The molecular formula is C49H37ClN2O8. The third-order valence-electron chi connectivity index (χ3n) is 10.3. The molecule has 1 unspecified atom stereocenters. The second kappa shape index (κ2) is 17.2. The van der Waals surface area contributed by atoms with Crippen molar-refractivity contribution in [3.63, 3.8) is 0 Å². The van der Waals surface area contributed by atoms with Crippen LogP contribution < -0.4 is 18.9 Å². The lowest BCUT2D eigenvalue weighted by Gasteiger charge is -2.12. The summed E-state index contributed by atoms with van der Waals surface area (Å²) in [5.41, 5.74) is 5.96. The molecule has 1 heterocycles. The standard InChI is InChI=1S/C49H37ClN2O8/c1-55-35-18-20-38-32(26-35)15-22-45(46(38)50)60-49(54)33-13-19-37-31(25-33)14-21-44(59-48(53)30-11-16-34(17-12-30)57-24-6-23-56-28-36-29-58-36)43(37)27-51-52-47-41-9-4-2-7-39(41)40-8-3-5-10-42(40)47/h2-5,7-22,25-27,36H,6,23-24,28-29H2,1H3/b51-27+. The van der Waals surface area contributed by atoms with Crippen LogP contribution in [-0.2, 0) is 9.47 Å². The molecule has 9 rings (SSSR count). The average Bonchev–Trinajstić information content (AvgIpc) is 4.07. The summed E-state index contributed by atoms with van der Waals surface area (Å²) in [4.78, 5) is 27.1. The fourth-order valence-corrected chi connectivity index (χ4v) is 7.39. The van der Waals surface area contributed by atoms with E-state index in [0.29, 0.717) is 63.8 Å². The molecule has 0 saturated carbocycles. The number of benzene rings is 7. The van der Waals surface area contributed by atoms with Gasteiger partial charge in [0.15, 0.2) is 0 Å². The molecule has 0 radical (unpaired) electrons. The van der Waals surface area contributed by atoms with Gasteiger partial charge >= 0.3 is 11.9 Å². The lowest BCUT2D eigenvalue weighted by Crippen LogP contribution is -2.11. The van der Waals surface area contributed by atoms with Crippen molar-refractivity contribution in [2.75, 3.05) is 33.5 Å². The highest BCUT2D eigenvalue weighted by atomic mass is 35.5. The number of methoxy groups -OCH3 is 1. The van der Waals surface area contributed by atoms with E-state index in [1.54, 1.807) is 80.1 Å². The van der Waals surface area contributed by atoms with E-state index in [0.717, 1.165) is 51.8 Å². The minimum absolute atomic E-state index is 0.230. The number of fused-ring (bicyclic) bond motifs is 5. The quantitative estimate of drug-likeness (QED) is 0.0266. The minimum atomic E-state index is -0.591. The molecule has 1 atom stereocenters. The summed E-state index contributed by atoms with van der Waals surface area (Å²) in [6.07, 6.45) is 2.53. The highest BCUT2D eigenvalue weighted by molar-refractivity contribution is 6.37. The zero-order valence-electron chi connectivity index (χ0n) is 32.4. The van der Waals surface area contributed by atoms with Crippen LogP contribution in [0.2, 0.25) is 5.02 Å². The summed E-state index contributed by atoms with van der Waals surface area (Å²) in [6, 6.07) is 40.4. The van der Waals surface area contributed by atoms with Crippen molar-refractivity contribution in [3.8, 4) is 34.1 Å². The number of carbonyl (C=O) groups is 2. The van der Waals surface area contributed by atoms with E-state index < -0.39 is 11.9 Å². The Kier molecular flexibility index (Phi) is 11.1. The number of carbonyl (C=O) groups excluding carboxylic acids is 2. The predicted octanol–water partition coefficient (Wildman–Crippen LogP) is 10.1. The van der Waals surface area contributed by atoms with Gasteiger partial charge in [-0.05, 0) is 94.0 Å². The lowest BCUT2D eigenvalue weighted by molar-refractivity contribution is 0.0725. The summed E-state index contributed by atoms with van der Waals surface area (Å²) in [7, 11) is 1.60. The molecular weight excluding hydrogens is 780 g/mol. The van der Waals surface area contributed by atoms with Crippen molar-refractivity contribution in [3.05, 3.63) is 166 Å². The zero-order valence-corrected chi connectivity index (χ0v) is 33.2. The molecule has 0 aromatic heterocycles. The van der Waals surface area contributed by atoms with E-state index in [1.807, 2.05) is 54.6 Å². The van der Waals surface area contributed by atoms with Crippen molar-refractivity contribution in [1.29, 1.82) is 0 Å². The van der Waals surface area contributed by atoms with E-state index in [9.17, 15) is 9.59 Å². The van der Waals surface area contributed by atoms with Crippen molar-refractivity contribution < 1.29 is 38.0 Å². The van der Waals surface area contributed by atoms with Crippen LogP contribution in [0.25, 0.3) is 32.7 Å². The molecule has 1 fully saturated rings. The number of epoxide rings is 1. The van der Waals surface area contributed by atoms with Crippen LogP contribution in [0.1, 0.15) is 43.8 Å². The normalized spacial score (nSPS) is 13.9. The highest BCUT2D eigenvalue weighted by Crippen LogP contribution is 2.38. The lowest BCUT2D eigenvalue weighted by atomic mass is 10.0. The first kappa shape index (κ1) is 38.7. The summed E-state index contributed by atoms with van der Waals surface area (Å²) in [5.74, 6) is 0.649. The monoisotopic (exact) mass is 816 g/mol. The molecule has 0 amide bonds. The number of halogens is 1. The Balaban J connectivity index is 0.986.